The molecule has 0 spiro atoms. The molecule has 0 bridgehead atoms. The molecule has 1 fully saturated rings. The van der Waals surface area contributed by atoms with Crippen molar-refractivity contribution in [1.29, 1.82) is 0 Å². The molecular formula is C21H26N2O4S. The number of amides is 1. The second-order valence-electron chi connectivity index (χ2n) is 7.01. The van der Waals surface area contributed by atoms with Crippen LogP contribution in [0.4, 0.5) is 0 Å². The maximum absolute atomic E-state index is 12.7. The van der Waals surface area contributed by atoms with Gasteiger partial charge >= 0.3 is 0 Å². The molecule has 6 nitrogen and oxygen atoms in total. The van der Waals surface area contributed by atoms with Gasteiger partial charge in [-0.2, -0.15) is 0 Å². The summed E-state index contributed by atoms with van der Waals surface area (Å²) >= 11 is 0. The van der Waals surface area contributed by atoms with Crippen LogP contribution in [0.5, 0.6) is 11.5 Å². The topological polar surface area (TPSA) is 89.7 Å². The highest BCUT2D eigenvalue weighted by Gasteiger charge is 2.27. The van der Waals surface area contributed by atoms with Crippen LogP contribution >= 0.6 is 0 Å². The van der Waals surface area contributed by atoms with Gasteiger partial charge in [-0.15, -0.1) is 0 Å². The minimum Gasteiger partial charge on any atom is -0.457 e. The Labute approximate surface area is 166 Å². The lowest BCUT2D eigenvalue weighted by atomic mass is 10.1. The largest absolute Gasteiger partial charge is 0.457 e. The Bertz CT molecular complexity index is 876. The number of nitrogens with two attached hydrogens (primary N) is 1. The van der Waals surface area contributed by atoms with Crippen molar-refractivity contribution in [3.8, 4) is 11.5 Å². The van der Waals surface area contributed by atoms with Crippen LogP contribution < -0.4 is 10.5 Å². The molecule has 2 aromatic rings. The van der Waals surface area contributed by atoms with Crippen LogP contribution in [0.1, 0.15) is 25.7 Å². The van der Waals surface area contributed by atoms with Crippen molar-refractivity contribution in [1.82, 2.24) is 4.90 Å². The average Bonchev–Trinajstić information content (AvgIpc) is 2.70. The van der Waals surface area contributed by atoms with Gasteiger partial charge in [0.05, 0.1) is 16.7 Å². The van der Waals surface area contributed by atoms with E-state index in [0.717, 1.165) is 32.4 Å². The summed E-state index contributed by atoms with van der Waals surface area (Å²) in [6.45, 7) is 1.58. The quantitative estimate of drug-likeness (QED) is 0.733. The molecular weight excluding hydrogens is 376 g/mol. The number of carbonyl (C=O) groups excluding carboxylic acids is 1. The molecule has 28 heavy (non-hydrogen) atoms. The molecule has 1 aliphatic rings. The molecule has 1 amide bonds. The third-order valence-corrected chi connectivity index (χ3v) is 6.75. The SMILES string of the molecule is NC(=O)C(CCS(=O)(=O)c1ccc(Oc2ccccc2)cc1)N1CCCCC1. The lowest BCUT2D eigenvalue weighted by Crippen LogP contribution is -2.47. The average molecular weight is 403 g/mol. The van der Waals surface area contributed by atoms with Crippen molar-refractivity contribution >= 4 is 15.7 Å². The van der Waals surface area contributed by atoms with E-state index in [9.17, 15) is 13.2 Å². The normalized spacial score (nSPS) is 16.4. The first-order valence-electron chi connectivity index (χ1n) is 9.55. The first-order chi connectivity index (χ1) is 13.5. The smallest absolute Gasteiger partial charge is 0.234 e. The van der Waals surface area contributed by atoms with E-state index in [0.29, 0.717) is 11.5 Å². The maximum Gasteiger partial charge on any atom is 0.234 e. The van der Waals surface area contributed by atoms with Gasteiger partial charge in [0.15, 0.2) is 9.84 Å². The Morgan fingerprint density at radius 2 is 1.57 bits per heavy atom. The number of sulfone groups is 1. The third kappa shape index (κ3) is 5.33. The van der Waals surface area contributed by atoms with Gasteiger partial charge in [0.25, 0.3) is 0 Å². The fraction of sp³-hybridized carbons (Fsp3) is 0.381. The second kappa shape index (κ2) is 9.21. The Balaban J connectivity index is 1.64. The van der Waals surface area contributed by atoms with E-state index < -0.39 is 21.8 Å². The minimum absolute atomic E-state index is 0.115. The molecule has 1 unspecified atom stereocenters. The van der Waals surface area contributed by atoms with Crippen molar-refractivity contribution in [3.63, 3.8) is 0 Å². The predicted molar refractivity (Wildman–Crippen MR) is 108 cm³/mol. The second-order valence-corrected chi connectivity index (χ2v) is 9.12. The molecule has 1 aliphatic heterocycles. The highest BCUT2D eigenvalue weighted by molar-refractivity contribution is 7.91. The molecule has 150 valence electrons. The standard InChI is InChI=1S/C21H26N2O4S/c22-21(24)20(23-14-5-2-6-15-23)13-16-28(25,26)19-11-9-18(10-12-19)27-17-7-3-1-4-8-17/h1,3-4,7-12,20H,2,5-6,13-16H2,(H2,22,24). The number of hydrogen-bond donors (Lipinski definition) is 1. The zero-order valence-electron chi connectivity index (χ0n) is 15.8. The number of carbonyl (C=O) groups is 1. The van der Waals surface area contributed by atoms with E-state index in [4.69, 9.17) is 10.5 Å². The van der Waals surface area contributed by atoms with Gasteiger partial charge in [-0.25, -0.2) is 8.42 Å². The zero-order chi connectivity index (χ0) is 20.0. The highest BCUT2D eigenvalue weighted by Crippen LogP contribution is 2.24. The Morgan fingerprint density at radius 3 is 2.18 bits per heavy atom. The first kappa shape index (κ1) is 20.4. The molecule has 2 aromatic carbocycles. The summed E-state index contributed by atoms with van der Waals surface area (Å²) in [5.41, 5.74) is 5.54. The molecule has 1 heterocycles. The van der Waals surface area contributed by atoms with Gasteiger partial charge in [-0.05, 0) is 68.8 Å². The Morgan fingerprint density at radius 1 is 0.964 bits per heavy atom. The molecule has 0 aromatic heterocycles. The number of piperidine rings is 1. The van der Waals surface area contributed by atoms with E-state index in [-0.39, 0.29) is 17.1 Å². The molecule has 7 heteroatoms. The van der Waals surface area contributed by atoms with Crippen molar-refractivity contribution in [2.75, 3.05) is 18.8 Å². The number of rotatable bonds is 8. The van der Waals surface area contributed by atoms with Crippen LogP contribution in [0.15, 0.2) is 59.5 Å². The van der Waals surface area contributed by atoms with Crippen LogP contribution in [-0.4, -0.2) is 44.1 Å². The number of hydrogen-bond acceptors (Lipinski definition) is 5. The summed E-state index contributed by atoms with van der Waals surface area (Å²) in [7, 11) is -3.51. The van der Waals surface area contributed by atoms with Gasteiger partial charge in [0, 0.05) is 0 Å². The van der Waals surface area contributed by atoms with Crippen LogP contribution in [-0.2, 0) is 14.6 Å². The number of nitrogens with zero attached hydrogens (tertiary/aromatic N) is 1. The number of likely N-dealkylation sites (tertiary alicyclic amines) is 1. The van der Waals surface area contributed by atoms with Crippen molar-refractivity contribution in [2.45, 2.75) is 36.6 Å². The number of para-hydroxylation sites is 1. The molecule has 1 atom stereocenters. The van der Waals surface area contributed by atoms with Crippen molar-refractivity contribution < 1.29 is 17.9 Å². The summed E-state index contributed by atoms with van der Waals surface area (Å²) in [6.07, 6.45) is 3.37. The monoisotopic (exact) mass is 402 g/mol. The molecule has 3 rings (SSSR count). The van der Waals surface area contributed by atoms with Crippen LogP contribution in [0, 0.1) is 0 Å². The number of benzene rings is 2. The van der Waals surface area contributed by atoms with Crippen molar-refractivity contribution in [3.05, 3.63) is 54.6 Å². The lowest BCUT2D eigenvalue weighted by molar-refractivity contribution is -0.123. The summed E-state index contributed by atoms with van der Waals surface area (Å²) in [4.78, 5) is 14.1. The van der Waals surface area contributed by atoms with Crippen molar-refractivity contribution in [2.24, 2.45) is 5.73 Å². The van der Waals surface area contributed by atoms with E-state index in [1.54, 1.807) is 12.1 Å². The van der Waals surface area contributed by atoms with Gasteiger partial charge in [0.1, 0.15) is 11.5 Å². The predicted octanol–water partition coefficient (Wildman–Crippen LogP) is 2.98. The lowest BCUT2D eigenvalue weighted by Gasteiger charge is -2.32. The third-order valence-electron chi connectivity index (χ3n) is 4.98. The van der Waals surface area contributed by atoms with Gasteiger partial charge in [0.2, 0.25) is 5.91 Å². The zero-order valence-corrected chi connectivity index (χ0v) is 16.6. The summed E-state index contributed by atoms with van der Waals surface area (Å²) in [6, 6.07) is 15.1. The summed E-state index contributed by atoms with van der Waals surface area (Å²) in [5, 5.41) is 0. The fourth-order valence-electron chi connectivity index (χ4n) is 3.46. The fourth-order valence-corrected chi connectivity index (χ4v) is 4.78. The minimum atomic E-state index is -3.51. The molecule has 0 radical (unpaired) electrons. The van der Waals surface area contributed by atoms with Gasteiger partial charge in [-0.3, -0.25) is 9.69 Å². The molecule has 1 saturated heterocycles. The van der Waals surface area contributed by atoms with E-state index >= 15 is 0 Å². The van der Waals surface area contributed by atoms with E-state index in [1.807, 2.05) is 35.2 Å². The van der Waals surface area contributed by atoms with E-state index in [2.05, 4.69) is 0 Å². The van der Waals surface area contributed by atoms with Gasteiger partial charge in [-0.1, -0.05) is 24.6 Å². The summed E-state index contributed by atoms with van der Waals surface area (Å²) in [5.74, 6) is 0.678. The van der Waals surface area contributed by atoms with E-state index in [1.165, 1.54) is 12.1 Å². The first-order valence-corrected chi connectivity index (χ1v) is 11.2. The molecule has 0 aliphatic carbocycles. The van der Waals surface area contributed by atoms with Crippen LogP contribution in [0.25, 0.3) is 0 Å². The maximum atomic E-state index is 12.7. The van der Waals surface area contributed by atoms with Crippen LogP contribution in [0.3, 0.4) is 0 Å². The summed E-state index contributed by atoms with van der Waals surface area (Å²) < 4.78 is 31.1. The Kier molecular flexibility index (Phi) is 6.70. The molecule has 0 saturated carbocycles. The number of ether oxygens (including phenoxy) is 1. The van der Waals surface area contributed by atoms with Crippen LogP contribution in [0.2, 0.25) is 0 Å². The van der Waals surface area contributed by atoms with Gasteiger partial charge < -0.3 is 10.5 Å². The molecule has 2 N–H and O–H groups in total. The highest BCUT2D eigenvalue weighted by atomic mass is 32.2. The Hall–Kier alpha value is -2.38. The number of primary amides is 1.